The Balaban J connectivity index is 1.52. The van der Waals surface area contributed by atoms with Crippen molar-refractivity contribution in [2.45, 2.75) is 22.6 Å². The molecule has 1 aliphatic rings. The molecule has 70 heavy (non-hydrogen) atoms. The molecule has 0 saturated heterocycles. The van der Waals surface area contributed by atoms with Gasteiger partial charge in [0.25, 0.3) is 0 Å². The summed E-state index contributed by atoms with van der Waals surface area (Å²) in [5.74, 6) is 4.98. The number of phenolic OH excluding ortho intramolecular Hbond substituents is 2. The molecule has 8 aromatic carbocycles. The number of ether oxygens (including phenoxy) is 6. The van der Waals surface area contributed by atoms with Crippen LogP contribution in [0.25, 0.3) is 0 Å². The quantitative estimate of drug-likeness (QED) is 0.0822. The van der Waals surface area contributed by atoms with Crippen LogP contribution >= 0.6 is 31.7 Å². The van der Waals surface area contributed by atoms with Crippen LogP contribution in [0.15, 0.2) is 194 Å². The van der Waals surface area contributed by atoms with Crippen LogP contribution in [-0.4, -0.2) is 75.5 Å². The van der Waals surface area contributed by atoms with Gasteiger partial charge < -0.3 is 38.6 Å². The summed E-state index contributed by atoms with van der Waals surface area (Å²) in [4.78, 5) is 0. The van der Waals surface area contributed by atoms with Crippen molar-refractivity contribution in [1.82, 2.24) is 0 Å². The summed E-state index contributed by atoms with van der Waals surface area (Å²) in [5, 5.41) is 32.7. The predicted octanol–water partition coefficient (Wildman–Crippen LogP) is 9.47. The predicted molar refractivity (Wildman–Crippen MR) is 294 cm³/mol. The van der Waals surface area contributed by atoms with Crippen LogP contribution in [0.4, 0.5) is 0 Å². The number of methoxy groups -OCH3 is 6. The van der Waals surface area contributed by atoms with Crippen molar-refractivity contribution in [3.63, 3.8) is 0 Å². The molecule has 0 spiro atoms. The van der Waals surface area contributed by atoms with Gasteiger partial charge in [0.2, 0.25) is 0 Å². The smallest absolute Gasteiger partial charge is 0.126 e. The van der Waals surface area contributed by atoms with Crippen LogP contribution in [0, 0.1) is 0 Å². The van der Waals surface area contributed by atoms with Crippen LogP contribution in [-0.2, 0) is 0 Å². The summed E-state index contributed by atoms with van der Waals surface area (Å²) < 4.78 is 38.3. The third-order valence-electron chi connectivity index (χ3n) is 12.9. The zero-order chi connectivity index (χ0) is 48.7. The van der Waals surface area contributed by atoms with Gasteiger partial charge in [0.15, 0.2) is 0 Å². The number of benzene rings is 8. The average molecular weight is 1000 g/mol. The van der Waals surface area contributed by atoms with Crippen molar-refractivity contribution >= 4 is 74.1 Å². The molecular weight excluding hydrogens is 949 g/mol. The highest BCUT2D eigenvalue weighted by molar-refractivity contribution is 7.84. The molecule has 356 valence electrons. The van der Waals surface area contributed by atoms with E-state index in [2.05, 4.69) is 109 Å². The number of phenols is 2. The molecule has 1 fully saturated rings. The Morgan fingerprint density at radius 2 is 0.400 bits per heavy atom. The third-order valence-corrected chi connectivity index (χ3v) is 26.0. The first kappa shape index (κ1) is 48.9. The molecule has 0 bridgehead atoms. The van der Waals surface area contributed by atoms with E-state index in [0.29, 0.717) is 0 Å². The Bertz CT molecular complexity index is 2760. The van der Waals surface area contributed by atoms with Crippen molar-refractivity contribution < 1.29 is 38.6 Å². The van der Waals surface area contributed by atoms with Gasteiger partial charge in [-0.3, -0.25) is 0 Å². The highest BCUT2D eigenvalue weighted by Crippen LogP contribution is 2.75. The van der Waals surface area contributed by atoms with E-state index in [1.165, 1.54) is 0 Å². The second-order valence-electron chi connectivity index (χ2n) is 16.5. The largest absolute Gasteiger partial charge is 0.507 e. The van der Waals surface area contributed by atoms with E-state index in [9.17, 15) is 10.2 Å². The van der Waals surface area contributed by atoms with Gasteiger partial charge in [0, 0.05) is 65.1 Å². The summed E-state index contributed by atoms with van der Waals surface area (Å²) in [5.41, 5.74) is -0.824. The van der Waals surface area contributed by atoms with Gasteiger partial charge in [-0.15, -0.1) is 0 Å². The van der Waals surface area contributed by atoms with Crippen LogP contribution in [0.2, 0.25) is 0 Å². The molecule has 0 aliphatic heterocycles. The molecule has 0 aromatic heterocycles. The summed E-state index contributed by atoms with van der Waals surface area (Å²) >= 11 is 0. The Labute approximate surface area is 416 Å². The van der Waals surface area contributed by atoms with Crippen LogP contribution in [0.3, 0.4) is 0 Å². The Hall–Kier alpha value is -6.12. The first-order chi connectivity index (χ1) is 34.4. The summed E-state index contributed by atoms with van der Waals surface area (Å²) in [6.07, 6.45) is 0. The van der Waals surface area contributed by atoms with Crippen LogP contribution < -0.4 is 70.9 Å². The molecule has 6 atom stereocenters. The molecule has 0 heterocycles. The summed E-state index contributed by atoms with van der Waals surface area (Å²) in [7, 11) is 4.44. The van der Waals surface area contributed by atoms with Gasteiger partial charge in [0.1, 0.15) is 46.0 Å². The highest BCUT2D eigenvalue weighted by atomic mass is 31.1. The third kappa shape index (κ3) is 9.20. The number of hydrogen-bond acceptors (Lipinski definition) is 8. The number of aromatic hydroxyl groups is 2. The molecule has 9 rings (SSSR count). The lowest BCUT2D eigenvalue weighted by Crippen LogP contribution is -2.65. The van der Waals surface area contributed by atoms with Gasteiger partial charge in [-0.05, 0) is 80.2 Å². The van der Waals surface area contributed by atoms with Gasteiger partial charge in [-0.2, -0.15) is 0 Å². The van der Waals surface area contributed by atoms with Crippen molar-refractivity contribution in [3.05, 3.63) is 194 Å². The highest BCUT2D eigenvalue weighted by Gasteiger charge is 2.64. The maximum Gasteiger partial charge on any atom is 0.126 e. The first-order valence-electron chi connectivity index (χ1n) is 22.9. The molecular formula is C58H56O8P4. The Morgan fingerprint density at radius 3 is 0.586 bits per heavy atom. The van der Waals surface area contributed by atoms with Crippen molar-refractivity contribution in [2.75, 3.05) is 42.7 Å². The average Bonchev–Trinajstić information content (AvgIpc) is 3.41. The number of hydrogen-bond donors (Lipinski definition) is 2. The lowest BCUT2D eigenvalue weighted by atomic mass is 9.96. The molecule has 0 radical (unpaired) electrons. The van der Waals surface area contributed by atoms with Gasteiger partial charge in [0.05, 0.1) is 42.7 Å². The molecule has 1 saturated carbocycles. The van der Waals surface area contributed by atoms with Crippen molar-refractivity contribution in [2.24, 2.45) is 0 Å². The van der Waals surface area contributed by atoms with Gasteiger partial charge >= 0.3 is 0 Å². The summed E-state index contributed by atoms with van der Waals surface area (Å²) in [6, 6.07) is 65.7. The first-order valence-corrected chi connectivity index (χ1v) is 28.5. The van der Waals surface area contributed by atoms with Gasteiger partial charge in [-0.1, -0.05) is 146 Å². The molecule has 1 aliphatic carbocycles. The van der Waals surface area contributed by atoms with E-state index >= 15 is 0 Å². The monoisotopic (exact) mass is 1000 g/mol. The minimum absolute atomic E-state index is 0.185. The van der Waals surface area contributed by atoms with E-state index < -0.39 is 31.7 Å². The van der Waals surface area contributed by atoms with E-state index in [-0.39, 0.29) is 34.1 Å². The standard InChI is InChI=1S/C58H56O8P4/c1-61-41-25-9-17-33-49(41)67(47-31-15-7-23-39(47)59)55-56(68(48-32-16-8-24-40(48)60)50-34-18-10-26-42(50)62-2)58(70(53-37-21-13-29-45(53)65-5)54-38-22-14-30-46(54)66-6)57(55)69(51-35-19-11-27-43(51)63-3)52-36-20-12-28-44(52)64-4/h7-38,55-60H,1-6H3. The fraction of sp³-hybridized carbons (Fsp3) is 0.172. The van der Waals surface area contributed by atoms with E-state index in [4.69, 9.17) is 28.4 Å². The lowest BCUT2D eigenvalue weighted by molar-refractivity contribution is 0.416. The lowest BCUT2D eigenvalue weighted by Gasteiger charge is -2.62. The van der Waals surface area contributed by atoms with E-state index in [1.807, 2.05) is 72.8 Å². The molecule has 8 nitrogen and oxygen atoms in total. The zero-order valence-corrected chi connectivity index (χ0v) is 43.5. The normalized spacial score (nSPS) is 17.3. The fourth-order valence-corrected chi connectivity index (χ4v) is 26.3. The maximum atomic E-state index is 12.4. The van der Waals surface area contributed by atoms with Crippen LogP contribution in [0.5, 0.6) is 46.0 Å². The topological polar surface area (TPSA) is 95.8 Å². The molecule has 6 unspecified atom stereocenters. The molecule has 0 amide bonds. The maximum absolute atomic E-state index is 12.4. The second-order valence-corrected chi connectivity index (χ2v) is 25.7. The van der Waals surface area contributed by atoms with E-state index in [0.717, 1.165) is 76.9 Å². The molecule has 8 aromatic rings. The second kappa shape index (κ2) is 22.3. The summed E-state index contributed by atoms with van der Waals surface area (Å²) in [6.45, 7) is 0. The zero-order valence-electron chi connectivity index (χ0n) is 39.9. The molecule has 12 heteroatoms. The molecule has 2 N–H and O–H groups in total. The number of para-hydroxylation sites is 8. The minimum atomic E-state index is -1.54. The fourth-order valence-electron chi connectivity index (χ4n) is 10.00. The van der Waals surface area contributed by atoms with Gasteiger partial charge in [-0.25, -0.2) is 0 Å². The Morgan fingerprint density at radius 1 is 0.243 bits per heavy atom. The minimum Gasteiger partial charge on any atom is -0.507 e. The van der Waals surface area contributed by atoms with E-state index in [1.54, 1.807) is 54.8 Å². The van der Waals surface area contributed by atoms with Crippen molar-refractivity contribution in [1.29, 1.82) is 0 Å². The Kier molecular flexibility index (Phi) is 15.6. The SMILES string of the molecule is COc1ccccc1P(c1ccccc1O)C1C(P(c2ccccc2O)c2ccccc2OC)C(P(c2ccccc2OC)c2ccccc2OC)C1P(c1ccccc1OC)c1ccccc1OC. The van der Waals surface area contributed by atoms with Crippen molar-refractivity contribution in [3.8, 4) is 46.0 Å². The van der Waals surface area contributed by atoms with Crippen LogP contribution in [0.1, 0.15) is 0 Å². The number of rotatable bonds is 18.